The number of hydrogen-bond donors (Lipinski definition) is 1. The summed E-state index contributed by atoms with van der Waals surface area (Å²) >= 11 is 1.76. The van der Waals surface area contributed by atoms with Crippen LogP contribution in [0.2, 0.25) is 0 Å². The van der Waals surface area contributed by atoms with Gasteiger partial charge in [-0.15, -0.1) is 11.3 Å². The number of hydrogen-bond acceptors (Lipinski definition) is 3. The number of piperazine rings is 1. The molecular weight excluding hydrogens is 350 g/mol. The van der Waals surface area contributed by atoms with Gasteiger partial charge in [0.05, 0.1) is 32.4 Å². The van der Waals surface area contributed by atoms with E-state index in [1.807, 2.05) is 6.21 Å². The van der Waals surface area contributed by atoms with Gasteiger partial charge in [-0.05, 0) is 35.1 Å². The molecule has 1 aliphatic carbocycles. The second-order valence-electron chi connectivity index (χ2n) is 7.43. The van der Waals surface area contributed by atoms with E-state index in [2.05, 4.69) is 71.9 Å². The highest BCUT2D eigenvalue weighted by Gasteiger charge is 2.37. The van der Waals surface area contributed by atoms with Crippen molar-refractivity contribution < 1.29 is 4.90 Å². The predicted molar refractivity (Wildman–Crippen MR) is 113 cm³/mol. The number of quaternary nitrogens is 1. The highest BCUT2D eigenvalue weighted by molar-refractivity contribution is 7.11. The quantitative estimate of drug-likeness (QED) is 0.697. The number of aryl methyl sites for hydroxylation is 1. The largest absolute Gasteiger partial charge is 0.322 e. The molecule has 0 unspecified atom stereocenters. The molecule has 1 aliphatic heterocycles. The maximum absolute atomic E-state index is 4.74. The molecule has 2 aromatic carbocycles. The molecule has 0 spiro atoms. The molecule has 0 atom stereocenters. The van der Waals surface area contributed by atoms with Gasteiger partial charge in [-0.2, -0.15) is 5.10 Å². The number of thiophene rings is 1. The van der Waals surface area contributed by atoms with E-state index in [0.717, 1.165) is 26.2 Å². The summed E-state index contributed by atoms with van der Waals surface area (Å²) in [4.78, 5) is 2.93. The Hall–Kier alpha value is -2.43. The van der Waals surface area contributed by atoms with E-state index in [1.165, 1.54) is 32.7 Å². The lowest BCUT2D eigenvalue weighted by molar-refractivity contribution is -0.929. The van der Waals surface area contributed by atoms with Crippen LogP contribution in [-0.2, 0) is 0 Å². The zero-order chi connectivity index (χ0) is 18.2. The van der Waals surface area contributed by atoms with Crippen LogP contribution in [0, 0.1) is 6.92 Å². The van der Waals surface area contributed by atoms with Crippen LogP contribution in [0.1, 0.15) is 27.6 Å². The van der Waals surface area contributed by atoms with E-state index in [-0.39, 0.29) is 0 Å². The first kappa shape index (κ1) is 16.7. The van der Waals surface area contributed by atoms with Gasteiger partial charge in [-0.1, -0.05) is 48.5 Å². The van der Waals surface area contributed by atoms with Gasteiger partial charge in [0.15, 0.2) is 0 Å². The maximum Gasteiger partial charge on any atom is 0.140 e. The van der Waals surface area contributed by atoms with Crippen molar-refractivity contribution in [1.29, 1.82) is 0 Å². The van der Waals surface area contributed by atoms with Crippen molar-refractivity contribution in [3.8, 4) is 11.1 Å². The van der Waals surface area contributed by atoms with Crippen molar-refractivity contribution >= 4 is 17.6 Å². The molecule has 1 fully saturated rings. The number of nitrogens with zero attached hydrogens (tertiary/aromatic N) is 2. The fourth-order valence-corrected chi connectivity index (χ4v) is 5.21. The third-order valence-corrected chi connectivity index (χ3v) is 6.82. The highest BCUT2D eigenvalue weighted by atomic mass is 32.1. The molecule has 2 aliphatic rings. The van der Waals surface area contributed by atoms with E-state index in [1.54, 1.807) is 16.2 Å². The van der Waals surface area contributed by atoms with Crippen molar-refractivity contribution in [1.82, 2.24) is 5.01 Å². The number of fused-ring (bicyclic) bond motifs is 3. The molecule has 0 bridgehead atoms. The summed E-state index contributed by atoms with van der Waals surface area (Å²) in [6.07, 6.45) is 2.03. The third kappa shape index (κ3) is 2.99. The van der Waals surface area contributed by atoms with Crippen LogP contribution in [-0.4, -0.2) is 37.4 Å². The molecule has 3 nitrogen and oxygen atoms in total. The lowest BCUT2D eigenvalue weighted by Gasteiger charge is -2.34. The number of rotatable bonds is 3. The summed E-state index contributed by atoms with van der Waals surface area (Å²) in [5.41, 5.74) is 7.12. The minimum absolute atomic E-state index is 0.461. The number of benzene rings is 2. The minimum Gasteiger partial charge on any atom is -0.322 e. The predicted octanol–water partition coefficient (Wildman–Crippen LogP) is 3.36. The van der Waals surface area contributed by atoms with Gasteiger partial charge < -0.3 is 4.90 Å². The monoisotopic (exact) mass is 374 g/mol. The molecule has 0 saturated carbocycles. The topological polar surface area (TPSA) is 20.0 Å². The van der Waals surface area contributed by atoms with E-state index in [4.69, 9.17) is 5.10 Å². The molecule has 3 aromatic rings. The first-order chi connectivity index (χ1) is 13.3. The number of hydrazone groups is 1. The summed E-state index contributed by atoms with van der Waals surface area (Å²) in [5.74, 6) is 0. The molecule has 4 heteroatoms. The summed E-state index contributed by atoms with van der Waals surface area (Å²) < 4.78 is 0. The average molecular weight is 375 g/mol. The Balaban J connectivity index is 1.34. The van der Waals surface area contributed by atoms with Crippen LogP contribution in [0.3, 0.4) is 0 Å². The van der Waals surface area contributed by atoms with Gasteiger partial charge in [0.1, 0.15) is 6.04 Å². The van der Waals surface area contributed by atoms with Crippen LogP contribution in [0.15, 0.2) is 65.1 Å². The van der Waals surface area contributed by atoms with Crippen LogP contribution < -0.4 is 4.90 Å². The third-order valence-electron chi connectivity index (χ3n) is 5.86. The maximum atomic E-state index is 4.74. The lowest BCUT2D eigenvalue weighted by Crippen LogP contribution is -3.14. The van der Waals surface area contributed by atoms with Crippen molar-refractivity contribution in [3.63, 3.8) is 0 Å². The molecule has 1 N–H and O–H groups in total. The fourth-order valence-electron chi connectivity index (χ4n) is 4.43. The van der Waals surface area contributed by atoms with Crippen LogP contribution in [0.5, 0.6) is 0 Å². The van der Waals surface area contributed by atoms with Crippen molar-refractivity contribution in [2.75, 3.05) is 26.2 Å². The molecule has 27 heavy (non-hydrogen) atoms. The van der Waals surface area contributed by atoms with Gasteiger partial charge in [-0.25, -0.2) is 0 Å². The Bertz CT molecular complexity index is 937. The fraction of sp³-hybridized carbons (Fsp3) is 0.261. The summed E-state index contributed by atoms with van der Waals surface area (Å²) in [6.45, 7) is 6.41. The first-order valence-electron chi connectivity index (χ1n) is 9.67. The smallest absolute Gasteiger partial charge is 0.140 e. The Morgan fingerprint density at radius 1 is 0.963 bits per heavy atom. The average Bonchev–Trinajstić information content (AvgIpc) is 3.28. The SMILES string of the molecule is Cc1ccsc1/C=N\N1CC[NH+](C2c3ccccc3-c3ccccc32)CC1. The minimum atomic E-state index is 0.461. The number of nitrogens with one attached hydrogen (secondary N) is 1. The molecule has 1 aromatic heterocycles. The Morgan fingerprint density at radius 3 is 2.19 bits per heavy atom. The summed E-state index contributed by atoms with van der Waals surface area (Å²) in [7, 11) is 0. The van der Waals surface area contributed by atoms with Crippen LogP contribution >= 0.6 is 11.3 Å². The van der Waals surface area contributed by atoms with Crippen molar-refractivity contribution in [2.45, 2.75) is 13.0 Å². The van der Waals surface area contributed by atoms with Crippen molar-refractivity contribution in [3.05, 3.63) is 81.5 Å². The second kappa shape index (κ2) is 6.95. The zero-order valence-electron chi connectivity index (χ0n) is 15.6. The Kier molecular flexibility index (Phi) is 4.30. The van der Waals surface area contributed by atoms with E-state index in [0.29, 0.717) is 6.04 Å². The molecule has 1 saturated heterocycles. The van der Waals surface area contributed by atoms with Gasteiger partial charge in [0.25, 0.3) is 0 Å². The Labute approximate surface area is 164 Å². The summed E-state index contributed by atoms with van der Waals surface area (Å²) in [6, 6.07) is 20.5. The molecule has 136 valence electrons. The molecule has 0 amide bonds. The first-order valence-corrected chi connectivity index (χ1v) is 10.5. The lowest BCUT2D eigenvalue weighted by atomic mass is 10.0. The molecule has 0 radical (unpaired) electrons. The normalized spacial score (nSPS) is 17.4. The van der Waals surface area contributed by atoms with Crippen LogP contribution in [0.25, 0.3) is 11.1 Å². The molecular formula is C23H24N3S+. The van der Waals surface area contributed by atoms with Crippen molar-refractivity contribution in [2.24, 2.45) is 5.10 Å². The standard InChI is InChI=1S/C23H23N3S/c1-17-10-15-27-22(17)16-24-26-13-11-25(12-14-26)23-20-8-4-2-6-18(20)19-7-3-5-9-21(19)23/h2-10,15-16,23H,11-14H2,1H3/p+1/b24-16-. The zero-order valence-corrected chi connectivity index (χ0v) is 16.4. The van der Waals surface area contributed by atoms with Gasteiger partial charge in [-0.3, -0.25) is 5.01 Å². The van der Waals surface area contributed by atoms with E-state index < -0.39 is 0 Å². The summed E-state index contributed by atoms with van der Waals surface area (Å²) in [5, 5.41) is 9.11. The second-order valence-corrected chi connectivity index (χ2v) is 8.38. The van der Waals surface area contributed by atoms with E-state index in [9.17, 15) is 0 Å². The van der Waals surface area contributed by atoms with Gasteiger partial charge >= 0.3 is 0 Å². The molecule has 5 rings (SSSR count). The Morgan fingerprint density at radius 2 is 1.59 bits per heavy atom. The molecule has 2 heterocycles. The van der Waals surface area contributed by atoms with E-state index >= 15 is 0 Å². The highest BCUT2D eigenvalue weighted by Crippen LogP contribution is 2.41. The van der Waals surface area contributed by atoms with Crippen LogP contribution in [0.4, 0.5) is 0 Å². The van der Waals surface area contributed by atoms with Gasteiger partial charge in [0.2, 0.25) is 0 Å². The van der Waals surface area contributed by atoms with Gasteiger partial charge in [0, 0.05) is 16.0 Å².